The number of benzene rings is 1. The van der Waals surface area contributed by atoms with Gasteiger partial charge < -0.3 is 19.9 Å². The molecule has 2 saturated heterocycles. The third-order valence-electron chi connectivity index (χ3n) is 5.06. The molecule has 1 unspecified atom stereocenters. The molecule has 28 heavy (non-hydrogen) atoms. The quantitative estimate of drug-likeness (QED) is 0.559. The van der Waals surface area contributed by atoms with Gasteiger partial charge in [-0.3, -0.25) is 9.79 Å². The monoisotopic (exact) mass is 408 g/mol. The van der Waals surface area contributed by atoms with E-state index in [9.17, 15) is 13.2 Å². The van der Waals surface area contributed by atoms with Crippen LogP contribution in [-0.2, 0) is 19.4 Å². The van der Waals surface area contributed by atoms with E-state index in [0.717, 1.165) is 12.8 Å². The van der Waals surface area contributed by atoms with E-state index < -0.39 is 9.84 Å². The SMILES string of the molecule is CN=C(NCCS(=O)(=O)c1ccccc1)N1CCN(C(=O)C2CCCO2)CC1. The molecule has 0 bridgehead atoms. The Kier molecular flexibility index (Phi) is 6.90. The largest absolute Gasteiger partial charge is 0.368 e. The summed E-state index contributed by atoms with van der Waals surface area (Å²) in [5.74, 6) is 0.731. The number of ether oxygens (including phenoxy) is 1. The van der Waals surface area contributed by atoms with E-state index in [1.807, 2.05) is 4.90 Å². The molecule has 1 N–H and O–H groups in total. The lowest BCUT2D eigenvalue weighted by atomic mass is 10.2. The average Bonchev–Trinajstić information content (AvgIpc) is 3.26. The molecular formula is C19H28N4O4S. The minimum atomic E-state index is -3.33. The molecule has 0 saturated carbocycles. The van der Waals surface area contributed by atoms with E-state index in [1.54, 1.807) is 37.4 Å². The minimum absolute atomic E-state index is 0.00645. The summed E-state index contributed by atoms with van der Waals surface area (Å²) < 4.78 is 30.2. The number of nitrogens with zero attached hydrogens (tertiary/aromatic N) is 3. The first-order chi connectivity index (χ1) is 13.5. The lowest BCUT2D eigenvalue weighted by Gasteiger charge is -2.37. The number of hydrogen-bond acceptors (Lipinski definition) is 5. The van der Waals surface area contributed by atoms with E-state index in [1.165, 1.54) is 0 Å². The maximum Gasteiger partial charge on any atom is 0.251 e. The van der Waals surface area contributed by atoms with Crippen molar-refractivity contribution in [3.8, 4) is 0 Å². The van der Waals surface area contributed by atoms with Crippen molar-refractivity contribution in [1.29, 1.82) is 0 Å². The Balaban J connectivity index is 1.46. The molecule has 2 heterocycles. The molecule has 1 aromatic rings. The molecule has 1 amide bonds. The Bertz CT molecular complexity index is 783. The molecule has 154 valence electrons. The molecule has 8 nitrogen and oxygen atoms in total. The maximum atomic E-state index is 12.4. The highest BCUT2D eigenvalue weighted by molar-refractivity contribution is 7.91. The second-order valence-electron chi connectivity index (χ2n) is 6.92. The molecule has 9 heteroatoms. The fourth-order valence-electron chi connectivity index (χ4n) is 3.49. The Morgan fingerprint density at radius 3 is 2.46 bits per heavy atom. The minimum Gasteiger partial charge on any atom is -0.368 e. The highest BCUT2D eigenvalue weighted by Crippen LogP contribution is 2.16. The molecular weight excluding hydrogens is 380 g/mol. The van der Waals surface area contributed by atoms with E-state index >= 15 is 0 Å². The zero-order valence-corrected chi connectivity index (χ0v) is 17.0. The molecule has 1 aromatic carbocycles. The Hall–Kier alpha value is -2.13. The summed E-state index contributed by atoms with van der Waals surface area (Å²) in [5.41, 5.74) is 0. The van der Waals surface area contributed by atoms with E-state index in [2.05, 4.69) is 15.2 Å². The molecule has 0 aliphatic carbocycles. The first kappa shape index (κ1) is 20.6. The fourth-order valence-corrected chi connectivity index (χ4v) is 4.67. The van der Waals surface area contributed by atoms with Crippen LogP contribution in [0.3, 0.4) is 0 Å². The number of rotatable bonds is 5. The molecule has 3 rings (SSSR count). The van der Waals surface area contributed by atoms with Crippen LogP contribution >= 0.6 is 0 Å². The average molecular weight is 409 g/mol. The molecule has 2 aliphatic heterocycles. The predicted molar refractivity (Wildman–Crippen MR) is 107 cm³/mol. The summed E-state index contributed by atoms with van der Waals surface area (Å²) in [5, 5.41) is 3.13. The van der Waals surface area contributed by atoms with Crippen molar-refractivity contribution in [2.45, 2.75) is 23.8 Å². The Morgan fingerprint density at radius 2 is 1.86 bits per heavy atom. The van der Waals surface area contributed by atoms with Crippen LogP contribution in [0.15, 0.2) is 40.2 Å². The standard InChI is InChI=1S/C19H28N4O4S/c1-20-19(21-9-15-28(25,26)16-6-3-2-4-7-16)23-12-10-22(11-13-23)18(24)17-8-5-14-27-17/h2-4,6-7,17H,5,8-15H2,1H3,(H,20,21). The van der Waals surface area contributed by atoms with Crippen LogP contribution in [0.25, 0.3) is 0 Å². The molecule has 1 atom stereocenters. The summed E-state index contributed by atoms with van der Waals surface area (Å²) in [7, 11) is -1.65. The number of carbonyl (C=O) groups is 1. The fraction of sp³-hybridized carbons (Fsp3) is 0.579. The van der Waals surface area contributed by atoms with Crippen LogP contribution in [0, 0.1) is 0 Å². The molecule has 2 fully saturated rings. The maximum absolute atomic E-state index is 12.4. The van der Waals surface area contributed by atoms with Crippen LogP contribution in [-0.4, -0.2) is 88.3 Å². The van der Waals surface area contributed by atoms with E-state index in [4.69, 9.17) is 4.74 Å². The van der Waals surface area contributed by atoms with Gasteiger partial charge in [0.25, 0.3) is 5.91 Å². The van der Waals surface area contributed by atoms with Crippen LogP contribution in [0.1, 0.15) is 12.8 Å². The zero-order chi connectivity index (χ0) is 20.0. The van der Waals surface area contributed by atoms with Gasteiger partial charge in [-0.05, 0) is 25.0 Å². The summed E-state index contributed by atoms with van der Waals surface area (Å²) in [6.07, 6.45) is 1.46. The van der Waals surface area contributed by atoms with Gasteiger partial charge >= 0.3 is 0 Å². The lowest BCUT2D eigenvalue weighted by Crippen LogP contribution is -2.55. The second kappa shape index (κ2) is 9.38. The van der Waals surface area contributed by atoms with Crippen LogP contribution in [0.2, 0.25) is 0 Å². The number of sulfone groups is 1. The van der Waals surface area contributed by atoms with E-state index in [0.29, 0.717) is 43.6 Å². The van der Waals surface area contributed by atoms with Gasteiger partial charge in [0.1, 0.15) is 6.10 Å². The van der Waals surface area contributed by atoms with E-state index in [-0.39, 0.29) is 24.3 Å². The highest BCUT2D eigenvalue weighted by Gasteiger charge is 2.30. The summed E-state index contributed by atoms with van der Waals surface area (Å²) in [6, 6.07) is 8.44. The number of nitrogens with one attached hydrogen (secondary N) is 1. The van der Waals surface area contributed by atoms with Gasteiger partial charge in [-0.1, -0.05) is 18.2 Å². The third kappa shape index (κ3) is 5.02. The molecule has 0 radical (unpaired) electrons. The zero-order valence-electron chi connectivity index (χ0n) is 16.2. The highest BCUT2D eigenvalue weighted by atomic mass is 32.2. The van der Waals surface area contributed by atoms with Crippen LogP contribution in [0.4, 0.5) is 0 Å². The smallest absolute Gasteiger partial charge is 0.251 e. The number of guanidine groups is 1. The molecule has 0 spiro atoms. The van der Waals surface area contributed by atoms with Gasteiger partial charge in [-0.25, -0.2) is 8.42 Å². The summed E-state index contributed by atoms with van der Waals surface area (Å²) in [4.78, 5) is 20.9. The van der Waals surface area contributed by atoms with Gasteiger partial charge in [0, 0.05) is 46.4 Å². The molecule has 2 aliphatic rings. The van der Waals surface area contributed by atoms with Gasteiger partial charge in [0.2, 0.25) is 0 Å². The van der Waals surface area contributed by atoms with Crippen molar-refractivity contribution in [3.05, 3.63) is 30.3 Å². The van der Waals surface area contributed by atoms with Gasteiger partial charge in [0.05, 0.1) is 10.6 Å². The van der Waals surface area contributed by atoms with Crippen molar-refractivity contribution in [3.63, 3.8) is 0 Å². The number of piperazine rings is 1. The summed E-state index contributed by atoms with van der Waals surface area (Å²) >= 11 is 0. The number of aliphatic imine (C=N–C) groups is 1. The Labute approximate surface area is 166 Å². The number of hydrogen-bond donors (Lipinski definition) is 1. The summed E-state index contributed by atoms with van der Waals surface area (Å²) in [6.45, 7) is 3.48. The number of carbonyl (C=O) groups excluding carboxylic acids is 1. The third-order valence-corrected chi connectivity index (χ3v) is 6.80. The Morgan fingerprint density at radius 1 is 1.18 bits per heavy atom. The van der Waals surface area contributed by atoms with Crippen LogP contribution < -0.4 is 5.32 Å². The second-order valence-corrected chi connectivity index (χ2v) is 9.03. The van der Waals surface area contributed by atoms with Crippen LogP contribution in [0.5, 0.6) is 0 Å². The topological polar surface area (TPSA) is 91.3 Å². The first-order valence-corrected chi connectivity index (χ1v) is 11.3. The van der Waals surface area contributed by atoms with Gasteiger partial charge in [-0.15, -0.1) is 0 Å². The normalized spacial score (nSPS) is 21.0. The van der Waals surface area contributed by atoms with Crippen molar-refractivity contribution in [2.75, 3.05) is 52.1 Å². The first-order valence-electron chi connectivity index (χ1n) is 9.65. The van der Waals surface area contributed by atoms with Crippen molar-refractivity contribution < 1.29 is 17.9 Å². The predicted octanol–water partition coefficient (Wildman–Crippen LogP) is 0.359. The van der Waals surface area contributed by atoms with Crippen molar-refractivity contribution in [2.24, 2.45) is 4.99 Å². The van der Waals surface area contributed by atoms with Crippen molar-refractivity contribution in [1.82, 2.24) is 15.1 Å². The van der Waals surface area contributed by atoms with Gasteiger partial charge in [0.15, 0.2) is 15.8 Å². The molecule has 0 aromatic heterocycles. The van der Waals surface area contributed by atoms with Gasteiger partial charge in [-0.2, -0.15) is 0 Å². The number of amides is 1. The lowest BCUT2D eigenvalue weighted by molar-refractivity contribution is -0.142. The van der Waals surface area contributed by atoms with Crippen molar-refractivity contribution >= 4 is 21.7 Å².